The van der Waals surface area contributed by atoms with Crippen LogP contribution in [0, 0.1) is 0 Å². The molecule has 0 aliphatic carbocycles. The number of amides is 1. The van der Waals surface area contributed by atoms with E-state index in [4.69, 9.17) is 4.42 Å². The lowest BCUT2D eigenvalue weighted by Gasteiger charge is -2.34. The van der Waals surface area contributed by atoms with E-state index in [1.54, 1.807) is 23.2 Å². The lowest BCUT2D eigenvalue weighted by Crippen LogP contribution is -2.49. The van der Waals surface area contributed by atoms with Crippen LogP contribution in [0.3, 0.4) is 0 Å². The summed E-state index contributed by atoms with van der Waals surface area (Å²) in [5.74, 6) is 1.13. The molecular formula is C17H15BrN4O2. The molecule has 0 spiro atoms. The van der Waals surface area contributed by atoms with Gasteiger partial charge in [0.15, 0.2) is 10.4 Å². The number of benzene rings is 1. The molecular weight excluding hydrogens is 372 g/mol. The minimum Gasteiger partial charge on any atom is -0.444 e. The van der Waals surface area contributed by atoms with Crippen molar-refractivity contribution in [3.8, 4) is 0 Å². The van der Waals surface area contributed by atoms with Gasteiger partial charge in [-0.05, 0) is 40.2 Å². The summed E-state index contributed by atoms with van der Waals surface area (Å²) in [7, 11) is 0. The van der Waals surface area contributed by atoms with Crippen LogP contribution >= 0.6 is 15.9 Å². The van der Waals surface area contributed by atoms with Gasteiger partial charge < -0.3 is 14.2 Å². The molecule has 3 aromatic rings. The van der Waals surface area contributed by atoms with Gasteiger partial charge in [-0.3, -0.25) is 9.78 Å². The van der Waals surface area contributed by atoms with Gasteiger partial charge in [0.05, 0.1) is 17.2 Å². The first-order chi connectivity index (χ1) is 11.7. The normalized spacial score (nSPS) is 15.0. The van der Waals surface area contributed by atoms with E-state index >= 15 is 0 Å². The first-order valence-corrected chi connectivity index (χ1v) is 8.51. The first kappa shape index (κ1) is 15.1. The van der Waals surface area contributed by atoms with Crippen LogP contribution in [0.5, 0.6) is 0 Å². The Balaban J connectivity index is 1.46. The quantitative estimate of drug-likeness (QED) is 0.677. The van der Waals surface area contributed by atoms with Crippen molar-refractivity contribution in [1.82, 2.24) is 14.9 Å². The Labute approximate surface area is 147 Å². The Morgan fingerprint density at radius 1 is 1.04 bits per heavy atom. The largest absolute Gasteiger partial charge is 0.444 e. The molecule has 1 amide bonds. The van der Waals surface area contributed by atoms with Gasteiger partial charge in [-0.15, -0.1) is 0 Å². The van der Waals surface area contributed by atoms with E-state index in [0.29, 0.717) is 23.5 Å². The Hall–Kier alpha value is -2.41. The summed E-state index contributed by atoms with van der Waals surface area (Å²) in [6.07, 6.45) is 1.80. The Morgan fingerprint density at radius 2 is 1.79 bits per heavy atom. The number of aromatic nitrogens is 2. The summed E-state index contributed by atoms with van der Waals surface area (Å²) >= 11 is 3.22. The van der Waals surface area contributed by atoms with E-state index in [1.165, 1.54) is 0 Å². The van der Waals surface area contributed by atoms with Crippen molar-refractivity contribution in [2.75, 3.05) is 31.1 Å². The van der Waals surface area contributed by atoms with Crippen LogP contribution in [0.25, 0.3) is 11.0 Å². The third kappa shape index (κ3) is 2.87. The van der Waals surface area contributed by atoms with Gasteiger partial charge in [0, 0.05) is 26.2 Å². The molecule has 1 aromatic carbocycles. The van der Waals surface area contributed by atoms with E-state index in [-0.39, 0.29) is 5.91 Å². The van der Waals surface area contributed by atoms with E-state index in [1.807, 2.05) is 24.3 Å². The van der Waals surface area contributed by atoms with Crippen LogP contribution in [0.15, 0.2) is 51.7 Å². The molecule has 0 saturated carbocycles. The molecule has 3 heterocycles. The molecule has 0 bridgehead atoms. The SMILES string of the molecule is O=C(c1ccc(Br)o1)N1CCN(c2cnc3ccccc3n2)CC1. The Kier molecular flexibility index (Phi) is 3.93. The molecule has 122 valence electrons. The third-order valence-electron chi connectivity index (χ3n) is 4.11. The number of carbonyl (C=O) groups excluding carboxylic acids is 1. The highest BCUT2D eigenvalue weighted by molar-refractivity contribution is 9.10. The minimum absolute atomic E-state index is 0.0788. The summed E-state index contributed by atoms with van der Waals surface area (Å²) in [5.41, 5.74) is 1.77. The zero-order valence-corrected chi connectivity index (χ0v) is 14.4. The zero-order valence-electron chi connectivity index (χ0n) is 12.9. The molecule has 7 heteroatoms. The van der Waals surface area contributed by atoms with Gasteiger partial charge in [0.2, 0.25) is 0 Å². The molecule has 2 aromatic heterocycles. The number of rotatable bonds is 2. The molecule has 4 rings (SSSR count). The van der Waals surface area contributed by atoms with Crippen LogP contribution in [-0.4, -0.2) is 47.0 Å². The molecule has 1 aliphatic heterocycles. The summed E-state index contributed by atoms with van der Waals surface area (Å²) in [5, 5.41) is 0. The van der Waals surface area contributed by atoms with E-state index < -0.39 is 0 Å². The molecule has 0 unspecified atom stereocenters. The highest BCUT2D eigenvalue weighted by Crippen LogP contribution is 2.19. The molecule has 0 N–H and O–H groups in total. The van der Waals surface area contributed by atoms with Crippen molar-refractivity contribution in [3.05, 3.63) is 53.0 Å². The average Bonchev–Trinajstić information content (AvgIpc) is 3.07. The number of carbonyl (C=O) groups is 1. The van der Waals surface area contributed by atoms with Gasteiger partial charge in [-0.25, -0.2) is 4.98 Å². The summed E-state index contributed by atoms with van der Waals surface area (Å²) in [4.78, 5) is 25.5. The molecule has 0 radical (unpaired) electrons. The molecule has 6 nitrogen and oxygen atoms in total. The number of hydrogen-bond donors (Lipinski definition) is 0. The topological polar surface area (TPSA) is 62.5 Å². The molecule has 1 fully saturated rings. The predicted molar refractivity (Wildman–Crippen MR) is 94.1 cm³/mol. The zero-order chi connectivity index (χ0) is 16.5. The summed E-state index contributed by atoms with van der Waals surface area (Å²) in [6.45, 7) is 2.71. The summed E-state index contributed by atoms with van der Waals surface area (Å²) in [6, 6.07) is 11.2. The van der Waals surface area contributed by atoms with Crippen molar-refractivity contribution in [2.24, 2.45) is 0 Å². The van der Waals surface area contributed by atoms with Crippen LogP contribution in [0.2, 0.25) is 0 Å². The van der Waals surface area contributed by atoms with Crippen molar-refractivity contribution < 1.29 is 9.21 Å². The first-order valence-electron chi connectivity index (χ1n) is 7.72. The standard InChI is InChI=1S/C17H15BrN4O2/c18-15-6-5-14(24-15)17(23)22-9-7-21(8-10-22)16-11-19-12-3-1-2-4-13(12)20-16/h1-6,11H,7-10H2. The lowest BCUT2D eigenvalue weighted by atomic mass is 10.2. The van der Waals surface area contributed by atoms with Gasteiger partial charge >= 0.3 is 0 Å². The van der Waals surface area contributed by atoms with Crippen LogP contribution in [-0.2, 0) is 0 Å². The van der Waals surface area contributed by atoms with Crippen molar-refractivity contribution in [1.29, 1.82) is 0 Å². The average molecular weight is 387 g/mol. The molecule has 0 atom stereocenters. The predicted octanol–water partition coefficient (Wildman–Crippen LogP) is 2.95. The maximum absolute atomic E-state index is 12.4. The highest BCUT2D eigenvalue weighted by Gasteiger charge is 2.25. The van der Waals surface area contributed by atoms with Gasteiger partial charge in [0.1, 0.15) is 5.82 Å². The summed E-state index contributed by atoms with van der Waals surface area (Å²) < 4.78 is 5.91. The number of fused-ring (bicyclic) bond motifs is 1. The van der Waals surface area contributed by atoms with Crippen molar-refractivity contribution in [2.45, 2.75) is 0 Å². The van der Waals surface area contributed by atoms with Crippen molar-refractivity contribution >= 4 is 38.7 Å². The second kappa shape index (κ2) is 6.24. The lowest BCUT2D eigenvalue weighted by molar-refractivity contribution is 0.0713. The number of piperazine rings is 1. The van der Waals surface area contributed by atoms with Crippen molar-refractivity contribution in [3.63, 3.8) is 0 Å². The number of halogens is 1. The Bertz CT molecular complexity index is 887. The van der Waals surface area contributed by atoms with E-state index in [0.717, 1.165) is 29.9 Å². The van der Waals surface area contributed by atoms with Crippen LogP contribution < -0.4 is 4.90 Å². The Morgan fingerprint density at radius 3 is 2.50 bits per heavy atom. The maximum Gasteiger partial charge on any atom is 0.289 e. The third-order valence-corrected chi connectivity index (χ3v) is 4.54. The second-order valence-electron chi connectivity index (χ2n) is 5.60. The maximum atomic E-state index is 12.4. The van der Waals surface area contributed by atoms with E-state index in [2.05, 4.69) is 30.8 Å². The number of para-hydroxylation sites is 2. The number of hydrogen-bond acceptors (Lipinski definition) is 5. The number of nitrogens with zero attached hydrogens (tertiary/aromatic N) is 4. The smallest absolute Gasteiger partial charge is 0.289 e. The highest BCUT2D eigenvalue weighted by atomic mass is 79.9. The van der Waals surface area contributed by atoms with Gasteiger partial charge in [-0.1, -0.05) is 12.1 Å². The molecule has 1 saturated heterocycles. The van der Waals surface area contributed by atoms with Crippen LogP contribution in [0.1, 0.15) is 10.6 Å². The second-order valence-corrected chi connectivity index (χ2v) is 6.38. The molecule has 24 heavy (non-hydrogen) atoms. The van der Waals surface area contributed by atoms with E-state index in [9.17, 15) is 4.79 Å². The minimum atomic E-state index is -0.0788. The van der Waals surface area contributed by atoms with Crippen LogP contribution in [0.4, 0.5) is 5.82 Å². The van der Waals surface area contributed by atoms with Gasteiger partial charge in [0.25, 0.3) is 5.91 Å². The van der Waals surface area contributed by atoms with Gasteiger partial charge in [-0.2, -0.15) is 0 Å². The fraction of sp³-hybridized carbons (Fsp3) is 0.235. The monoisotopic (exact) mass is 386 g/mol. The molecule has 1 aliphatic rings. The fourth-order valence-corrected chi connectivity index (χ4v) is 3.13. The number of furan rings is 1. The number of anilines is 1. The fourth-order valence-electron chi connectivity index (χ4n) is 2.82.